The minimum Gasteiger partial charge on any atom is -0.493 e. The normalized spacial score (nSPS) is 10.9. The largest absolute Gasteiger partial charge is 0.493 e. The lowest BCUT2D eigenvalue weighted by Crippen LogP contribution is -2.17. The number of fused-ring (bicyclic) bond motifs is 1. The summed E-state index contributed by atoms with van der Waals surface area (Å²) in [7, 11) is 4.67. The van der Waals surface area contributed by atoms with Crippen LogP contribution in [0.25, 0.3) is 22.6 Å². The highest BCUT2D eigenvalue weighted by atomic mass is 16.5. The number of aryl methyl sites for hydroxylation is 1. The maximum absolute atomic E-state index is 12.5. The van der Waals surface area contributed by atoms with Crippen molar-refractivity contribution in [1.82, 2.24) is 19.5 Å². The molecule has 8 nitrogen and oxygen atoms in total. The minimum absolute atomic E-state index is 0.256. The maximum atomic E-state index is 12.5. The third-order valence-electron chi connectivity index (χ3n) is 4.86. The molecule has 0 bridgehead atoms. The van der Waals surface area contributed by atoms with Crippen molar-refractivity contribution in [2.45, 2.75) is 13.5 Å². The Morgan fingerprint density at radius 3 is 2.40 bits per heavy atom. The van der Waals surface area contributed by atoms with Gasteiger partial charge in [0.05, 0.1) is 39.8 Å². The molecule has 4 rings (SSSR count). The number of imidazole rings is 1. The smallest absolute Gasteiger partial charge is 0.329 e. The van der Waals surface area contributed by atoms with E-state index >= 15 is 0 Å². The van der Waals surface area contributed by atoms with Gasteiger partial charge < -0.3 is 14.2 Å². The number of benzene rings is 2. The number of ether oxygens (including phenoxy) is 3. The van der Waals surface area contributed by atoms with Crippen molar-refractivity contribution in [2.24, 2.45) is 0 Å². The van der Waals surface area contributed by atoms with Gasteiger partial charge in [-0.3, -0.25) is 9.55 Å². The fraction of sp³-hybridized carbons (Fsp3) is 0.227. The molecule has 0 saturated heterocycles. The first-order chi connectivity index (χ1) is 14.5. The van der Waals surface area contributed by atoms with E-state index in [1.807, 2.05) is 31.2 Å². The summed E-state index contributed by atoms with van der Waals surface area (Å²) < 4.78 is 17.8. The number of methoxy groups -OCH3 is 3. The average molecular weight is 406 g/mol. The van der Waals surface area contributed by atoms with E-state index in [-0.39, 0.29) is 5.69 Å². The average Bonchev–Trinajstić information content (AvgIpc) is 3.07. The van der Waals surface area contributed by atoms with Crippen LogP contribution < -0.4 is 19.9 Å². The topological polar surface area (TPSA) is 91.3 Å². The fourth-order valence-electron chi connectivity index (χ4n) is 3.43. The standard InChI is InChI=1S/C22H22N4O4/c1-13-6-5-7-14(8-13)12-26-21-20(25-22(26)27)23-11-16(24-21)15-9-17(28-2)19(30-4)18(10-15)29-3/h5-11H,12H2,1-4H3,(H,23,25,27). The lowest BCUT2D eigenvalue weighted by molar-refractivity contribution is 0.324. The fourth-order valence-corrected chi connectivity index (χ4v) is 3.43. The molecule has 0 amide bonds. The monoisotopic (exact) mass is 406 g/mol. The van der Waals surface area contributed by atoms with Crippen LogP contribution in [0.1, 0.15) is 11.1 Å². The Morgan fingerprint density at radius 1 is 1.03 bits per heavy atom. The first kappa shape index (κ1) is 19.5. The molecule has 0 aliphatic carbocycles. The summed E-state index contributed by atoms with van der Waals surface area (Å²) in [4.78, 5) is 24.4. The Balaban J connectivity index is 1.83. The number of hydrogen-bond donors (Lipinski definition) is 1. The molecule has 0 aliphatic rings. The minimum atomic E-state index is -0.256. The van der Waals surface area contributed by atoms with Crippen molar-refractivity contribution in [3.63, 3.8) is 0 Å². The Bertz CT molecular complexity index is 1250. The summed E-state index contributed by atoms with van der Waals surface area (Å²) in [6.07, 6.45) is 1.61. The van der Waals surface area contributed by atoms with Crippen LogP contribution in [-0.2, 0) is 6.54 Å². The number of nitrogens with one attached hydrogen (secondary N) is 1. The van der Waals surface area contributed by atoms with Crippen molar-refractivity contribution in [2.75, 3.05) is 21.3 Å². The van der Waals surface area contributed by atoms with Crippen molar-refractivity contribution in [3.8, 4) is 28.5 Å². The molecular formula is C22H22N4O4. The van der Waals surface area contributed by atoms with Gasteiger partial charge in [-0.05, 0) is 24.6 Å². The number of aromatic nitrogens is 4. The SMILES string of the molecule is COc1cc(-c2cnc3[nH]c(=O)n(Cc4cccc(C)c4)c3n2)cc(OC)c1OC. The zero-order valence-corrected chi connectivity index (χ0v) is 17.2. The quantitative estimate of drug-likeness (QED) is 0.529. The summed E-state index contributed by atoms with van der Waals surface area (Å²) >= 11 is 0. The predicted octanol–water partition coefficient (Wildman–Crippen LogP) is 3.17. The van der Waals surface area contributed by atoms with Crippen molar-refractivity contribution < 1.29 is 14.2 Å². The molecular weight excluding hydrogens is 384 g/mol. The van der Waals surface area contributed by atoms with Crippen LogP contribution in [0.4, 0.5) is 0 Å². The number of aromatic amines is 1. The van der Waals surface area contributed by atoms with Gasteiger partial charge in [0.15, 0.2) is 22.8 Å². The third kappa shape index (κ3) is 3.47. The highest BCUT2D eigenvalue weighted by Crippen LogP contribution is 2.40. The van der Waals surface area contributed by atoms with Gasteiger partial charge in [0.2, 0.25) is 5.75 Å². The zero-order chi connectivity index (χ0) is 21.3. The number of nitrogens with zero attached hydrogens (tertiary/aromatic N) is 3. The van der Waals surface area contributed by atoms with Gasteiger partial charge in [-0.25, -0.2) is 14.8 Å². The molecule has 4 aromatic rings. The predicted molar refractivity (Wildman–Crippen MR) is 114 cm³/mol. The Kier molecular flexibility index (Phi) is 5.14. The van der Waals surface area contributed by atoms with E-state index in [9.17, 15) is 4.79 Å². The third-order valence-corrected chi connectivity index (χ3v) is 4.86. The van der Waals surface area contributed by atoms with Gasteiger partial charge in [-0.2, -0.15) is 0 Å². The molecule has 2 aromatic carbocycles. The Labute approximate surface area is 173 Å². The first-order valence-electron chi connectivity index (χ1n) is 9.35. The molecule has 0 spiro atoms. The van der Waals surface area contributed by atoms with Gasteiger partial charge in [0.1, 0.15) is 0 Å². The lowest BCUT2D eigenvalue weighted by Gasteiger charge is -2.14. The summed E-state index contributed by atoms with van der Waals surface area (Å²) in [6, 6.07) is 11.6. The molecule has 2 aromatic heterocycles. The van der Waals surface area contributed by atoms with Gasteiger partial charge >= 0.3 is 5.69 Å². The second-order valence-electron chi connectivity index (χ2n) is 6.85. The second-order valence-corrected chi connectivity index (χ2v) is 6.85. The van der Waals surface area contributed by atoms with Crippen molar-refractivity contribution in [1.29, 1.82) is 0 Å². The zero-order valence-electron chi connectivity index (χ0n) is 17.2. The van der Waals surface area contributed by atoms with Crippen LogP contribution in [0.3, 0.4) is 0 Å². The highest BCUT2D eigenvalue weighted by molar-refractivity contribution is 5.73. The molecule has 0 fully saturated rings. The lowest BCUT2D eigenvalue weighted by atomic mass is 10.1. The Hall–Kier alpha value is -3.81. The van der Waals surface area contributed by atoms with Gasteiger partial charge in [-0.15, -0.1) is 0 Å². The summed E-state index contributed by atoms with van der Waals surface area (Å²) in [5.74, 6) is 1.52. The molecule has 0 radical (unpaired) electrons. The molecule has 30 heavy (non-hydrogen) atoms. The van der Waals surface area contributed by atoms with Crippen LogP contribution in [-0.4, -0.2) is 40.8 Å². The molecule has 0 aliphatic heterocycles. The van der Waals surface area contributed by atoms with E-state index in [1.165, 1.54) is 0 Å². The molecule has 1 N–H and O–H groups in total. The van der Waals surface area contributed by atoms with E-state index in [0.29, 0.717) is 40.8 Å². The highest BCUT2D eigenvalue weighted by Gasteiger charge is 2.17. The number of rotatable bonds is 6. The second kappa shape index (κ2) is 7.90. The van der Waals surface area contributed by atoms with E-state index in [2.05, 4.69) is 9.97 Å². The van der Waals surface area contributed by atoms with Crippen molar-refractivity contribution in [3.05, 3.63) is 64.2 Å². The van der Waals surface area contributed by atoms with Crippen LogP contribution >= 0.6 is 0 Å². The van der Waals surface area contributed by atoms with E-state index in [0.717, 1.165) is 16.7 Å². The molecule has 0 unspecified atom stereocenters. The van der Waals surface area contributed by atoms with Crippen LogP contribution in [0, 0.1) is 6.92 Å². The maximum Gasteiger partial charge on any atom is 0.329 e. The van der Waals surface area contributed by atoms with Gasteiger partial charge in [0, 0.05) is 5.56 Å². The molecule has 8 heteroatoms. The van der Waals surface area contributed by atoms with Crippen LogP contribution in [0.2, 0.25) is 0 Å². The van der Waals surface area contributed by atoms with Crippen molar-refractivity contribution >= 4 is 11.3 Å². The summed E-state index contributed by atoms with van der Waals surface area (Å²) in [6.45, 7) is 2.41. The molecule has 0 atom stereocenters. The van der Waals surface area contributed by atoms with E-state index in [1.54, 1.807) is 44.2 Å². The van der Waals surface area contributed by atoms with Crippen LogP contribution in [0.15, 0.2) is 47.4 Å². The Morgan fingerprint density at radius 2 is 1.77 bits per heavy atom. The summed E-state index contributed by atoms with van der Waals surface area (Å²) in [5.41, 5.74) is 4.11. The van der Waals surface area contributed by atoms with Gasteiger partial charge in [-0.1, -0.05) is 29.8 Å². The molecule has 0 saturated carbocycles. The molecule has 2 heterocycles. The van der Waals surface area contributed by atoms with Gasteiger partial charge in [0.25, 0.3) is 0 Å². The first-order valence-corrected chi connectivity index (χ1v) is 9.35. The number of hydrogen-bond acceptors (Lipinski definition) is 6. The summed E-state index contributed by atoms with van der Waals surface area (Å²) in [5, 5.41) is 0. The van der Waals surface area contributed by atoms with Crippen LogP contribution in [0.5, 0.6) is 17.2 Å². The molecule has 154 valence electrons. The van der Waals surface area contributed by atoms with E-state index < -0.39 is 0 Å². The van der Waals surface area contributed by atoms with E-state index in [4.69, 9.17) is 19.2 Å². The number of H-pyrrole nitrogens is 1.